The molecule has 1 aliphatic heterocycles. The van der Waals surface area contributed by atoms with Crippen LogP contribution in [0.5, 0.6) is 0 Å². The molecule has 29 heavy (non-hydrogen) atoms. The Hall–Kier alpha value is -2.31. The molecule has 1 saturated heterocycles. The molecule has 11 nitrogen and oxygen atoms in total. The van der Waals surface area contributed by atoms with Gasteiger partial charge in [-0.1, -0.05) is 39.9 Å². The number of oxime groups is 4. The summed E-state index contributed by atoms with van der Waals surface area (Å²) in [6.45, 7) is 10.0. The van der Waals surface area contributed by atoms with Crippen molar-refractivity contribution in [1.82, 2.24) is 0 Å². The number of hydrogen-bond acceptors (Lipinski definition) is 10. The van der Waals surface area contributed by atoms with Crippen LogP contribution in [0.25, 0.3) is 5.32 Å². The first kappa shape index (κ1) is 34.2. The van der Waals surface area contributed by atoms with Crippen molar-refractivity contribution in [1.29, 1.82) is 0 Å². The van der Waals surface area contributed by atoms with Gasteiger partial charge in [-0.05, 0) is 27.7 Å². The first-order valence-corrected chi connectivity index (χ1v) is 8.51. The minimum absolute atomic E-state index is 0. The fraction of sp³-hybridized carbons (Fsp3) is 0.647. The summed E-state index contributed by atoms with van der Waals surface area (Å²) in [5.74, 6) is -0.282. The topological polar surface area (TPSA) is 171 Å². The number of esters is 1. The van der Waals surface area contributed by atoms with Crippen LogP contribution in [0.4, 0.5) is 0 Å². The maximum Gasteiger partial charge on any atom is 2.00 e. The summed E-state index contributed by atoms with van der Waals surface area (Å²) >= 11 is 0. The van der Waals surface area contributed by atoms with Crippen LogP contribution in [0.2, 0.25) is 0 Å². The molecule has 1 rings (SSSR count). The van der Waals surface area contributed by atoms with Crippen molar-refractivity contribution in [3.05, 3.63) is 11.7 Å². The predicted molar refractivity (Wildman–Crippen MR) is 109 cm³/mol. The molecule has 0 aromatic carbocycles. The zero-order chi connectivity index (χ0) is 22.4. The Morgan fingerprint density at radius 2 is 1.10 bits per heavy atom. The SMILES string of the molecule is C1CC[N-]CC1.CC(=NO)C(C)=NO.CC(=NO)C(C)=NO.C[CH-]C(=O)OC.[Co+2]. The Labute approximate surface area is 182 Å². The van der Waals surface area contributed by atoms with Crippen molar-refractivity contribution in [3.63, 3.8) is 0 Å². The molecule has 1 radical (unpaired) electrons. The summed E-state index contributed by atoms with van der Waals surface area (Å²) in [6.07, 6.45) is 5.43. The average molecular weight is 462 g/mol. The number of piperidine rings is 1. The molecule has 0 aliphatic carbocycles. The van der Waals surface area contributed by atoms with Gasteiger partial charge in [0.25, 0.3) is 0 Å². The molecule has 0 atom stereocenters. The number of ether oxygens (including phenoxy) is 1. The second-order valence-corrected chi connectivity index (χ2v) is 5.28. The van der Waals surface area contributed by atoms with E-state index in [1.165, 1.54) is 60.5 Å². The molecule has 171 valence electrons. The van der Waals surface area contributed by atoms with Gasteiger partial charge >= 0.3 is 16.8 Å². The Balaban J connectivity index is -0.000000143. The van der Waals surface area contributed by atoms with Crippen molar-refractivity contribution in [2.24, 2.45) is 20.6 Å². The Kier molecular flexibility index (Phi) is 30.3. The minimum Gasteiger partial charge on any atom is -0.662 e. The number of rotatable bonds is 3. The van der Waals surface area contributed by atoms with Gasteiger partial charge < -0.3 is 30.9 Å². The van der Waals surface area contributed by atoms with E-state index in [0.717, 1.165) is 13.1 Å². The molecule has 1 aliphatic rings. The van der Waals surface area contributed by atoms with E-state index >= 15 is 0 Å². The number of methoxy groups -OCH3 is 1. The fourth-order valence-corrected chi connectivity index (χ4v) is 1.14. The molecule has 0 aromatic rings. The monoisotopic (exact) mass is 462 g/mol. The molecule has 0 amide bonds. The number of carbonyl (C=O) groups is 1. The van der Waals surface area contributed by atoms with E-state index in [1.54, 1.807) is 6.92 Å². The van der Waals surface area contributed by atoms with Crippen LogP contribution in [-0.4, -0.2) is 69.8 Å². The third-order valence-electron chi connectivity index (χ3n) is 3.22. The second-order valence-electron chi connectivity index (χ2n) is 5.28. The molecule has 0 saturated carbocycles. The van der Waals surface area contributed by atoms with E-state index in [1.807, 2.05) is 0 Å². The molecular weight excluding hydrogens is 429 g/mol. The van der Waals surface area contributed by atoms with Gasteiger partial charge in [-0.25, -0.2) is 0 Å². The van der Waals surface area contributed by atoms with Gasteiger partial charge in [0.05, 0.1) is 7.11 Å². The summed E-state index contributed by atoms with van der Waals surface area (Å²) in [5.41, 5.74) is 1.25. The maximum atomic E-state index is 9.90. The van der Waals surface area contributed by atoms with Crippen molar-refractivity contribution in [2.75, 3.05) is 20.2 Å². The van der Waals surface area contributed by atoms with Crippen molar-refractivity contribution in [2.45, 2.75) is 53.9 Å². The number of hydrogen-bond donors (Lipinski definition) is 4. The van der Waals surface area contributed by atoms with E-state index in [0.29, 0.717) is 22.8 Å². The molecule has 0 aromatic heterocycles. The van der Waals surface area contributed by atoms with Crippen LogP contribution in [0.1, 0.15) is 53.9 Å². The zero-order valence-corrected chi connectivity index (χ0v) is 18.8. The summed E-state index contributed by atoms with van der Waals surface area (Å²) < 4.78 is 4.20. The molecule has 0 spiro atoms. The van der Waals surface area contributed by atoms with E-state index in [-0.39, 0.29) is 22.7 Å². The Morgan fingerprint density at radius 3 is 1.17 bits per heavy atom. The van der Waals surface area contributed by atoms with Gasteiger partial charge in [-0.3, -0.25) is 11.2 Å². The maximum absolute atomic E-state index is 9.90. The molecule has 0 bridgehead atoms. The van der Waals surface area contributed by atoms with Crippen LogP contribution in [0.3, 0.4) is 0 Å². The minimum atomic E-state index is -0.282. The first-order chi connectivity index (χ1) is 13.2. The van der Waals surface area contributed by atoms with Crippen LogP contribution >= 0.6 is 0 Å². The van der Waals surface area contributed by atoms with E-state index in [4.69, 9.17) is 20.8 Å². The summed E-state index contributed by atoms with van der Waals surface area (Å²) in [7, 11) is 1.35. The molecule has 0 unspecified atom stereocenters. The standard InChI is InChI=1S/C5H10N.2C4H8N2O2.C4H7O2.Co/c1-2-4-6-5-3-1;2*1-3(5-7)4(2)6-8;1-3-4(5)6-2;/h1-5H2;2*7-8H,1-2H3;3H,1-2H3;/q-1;;;-1;+2. The molecular formula is C17H33CoN5O6. The number of carbonyl (C=O) groups excluding carboxylic acids is 1. The molecule has 1 heterocycles. The van der Waals surface area contributed by atoms with Crippen molar-refractivity contribution < 1.29 is 47.1 Å². The van der Waals surface area contributed by atoms with Crippen LogP contribution in [-0.2, 0) is 26.3 Å². The summed E-state index contributed by atoms with van der Waals surface area (Å²) in [6, 6.07) is 0. The second kappa shape index (κ2) is 25.7. The van der Waals surface area contributed by atoms with Gasteiger partial charge in [-0.2, -0.15) is 6.92 Å². The van der Waals surface area contributed by atoms with Gasteiger partial charge in [0.2, 0.25) is 0 Å². The molecule has 12 heteroatoms. The first-order valence-electron chi connectivity index (χ1n) is 8.51. The Morgan fingerprint density at radius 1 is 0.793 bits per heavy atom. The van der Waals surface area contributed by atoms with E-state index in [2.05, 4.69) is 30.7 Å². The van der Waals surface area contributed by atoms with Gasteiger partial charge in [-0.15, -0.1) is 13.1 Å². The van der Waals surface area contributed by atoms with Gasteiger partial charge in [0.15, 0.2) is 5.97 Å². The van der Waals surface area contributed by atoms with E-state index in [9.17, 15) is 4.79 Å². The largest absolute Gasteiger partial charge is 2.00 e. The summed E-state index contributed by atoms with van der Waals surface area (Å²) in [4.78, 5) is 9.90. The fourth-order valence-electron chi connectivity index (χ4n) is 1.14. The predicted octanol–water partition coefficient (Wildman–Crippen LogP) is 3.30. The quantitative estimate of drug-likeness (QED) is 0.165. The van der Waals surface area contributed by atoms with Gasteiger partial charge in [0, 0.05) is 0 Å². The molecule has 1 fully saturated rings. The average Bonchev–Trinajstić information content (AvgIpc) is 2.78. The van der Waals surface area contributed by atoms with Crippen molar-refractivity contribution in [3.8, 4) is 0 Å². The van der Waals surface area contributed by atoms with Crippen LogP contribution in [0.15, 0.2) is 20.6 Å². The summed E-state index contributed by atoms with van der Waals surface area (Å²) in [5, 5.41) is 47.4. The van der Waals surface area contributed by atoms with Crippen molar-refractivity contribution >= 4 is 28.8 Å². The normalized spacial score (nSPS) is 14.3. The van der Waals surface area contributed by atoms with Crippen LogP contribution in [0, 0.1) is 6.42 Å². The third-order valence-corrected chi connectivity index (χ3v) is 3.22. The third kappa shape index (κ3) is 25.7. The molecule has 4 N–H and O–H groups in total. The van der Waals surface area contributed by atoms with Gasteiger partial charge in [0.1, 0.15) is 22.8 Å². The van der Waals surface area contributed by atoms with E-state index < -0.39 is 0 Å². The number of nitrogens with zero attached hydrogens (tertiary/aromatic N) is 5. The van der Waals surface area contributed by atoms with Crippen LogP contribution < -0.4 is 0 Å². The Bertz CT molecular complexity index is 439. The smallest absolute Gasteiger partial charge is 0.662 e. The zero-order valence-electron chi connectivity index (χ0n) is 17.8.